The summed E-state index contributed by atoms with van der Waals surface area (Å²) in [5, 5.41) is 12.0. The van der Waals surface area contributed by atoms with Crippen molar-refractivity contribution in [1.82, 2.24) is 35.2 Å². The molecule has 88 heavy (non-hydrogen) atoms. The molecule has 7 aromatic rings. The highest BCUT2D eigenvalue weighted by Gasteiger charge is 2.39. The van der Waals surface area contributed by atoms with Gasteiger partial charge in [0.2, 0.25) is 23.6 Å². The fourth-order valence-electron chi connectivity index (χ4n) is 10.3. The Morgan fingerprint density at radius 3 is 2.23 bits per heavy atom. The number of hydrogen-bond acceptors (Lipinski definition) is 19. The van der Waals surface area contributed by atoms with Crippen molar-refractivity contribution in [3.05, 3.63) is 113 Å². The summed E-state index contributed by atoms with van der Waals surface area (Å²) >= 11 is 1.42. The van der Waals surface area contributed by atoms with Crippen molar-refractivity contribution in [2.75, 3.05) is 122 Å². The number of aryl methyl sites for hydroxylation is 1. The van der Waals surface area contributed by atoms with Gasteiger partial charge in [0.25, 0.3) is 0 Å². The van der Waals surface area contributed by atoms with Crippen molar-refractivity contribution in [3.8, 4) is 33.8 Å². The number of aromatic nitrogens is 5. The van der Waals surface area contributed by atoms with Crippen LogP contribution in [-0.2, 0) is 69.6 Å². The second kappa shape index (κ2) is 32.4. The number of likely N-dealkylation sites (N-methyl/N-ethyl adjacent to an activating group) is 1. The number of nitrogens with one attached hydrogen (secondary N) is 2. The van der Waals surface area contributed by atoms with Crippen LogP contribution in [0.15, 0.2) is 100 Å². The number of carbonyl (C=O) groups is 4. The Morgan fingerprint density at radius 1 is 0.807 bits per heavy atom. The fraction of sp³-hybridized carbons (Fsp3) is 0.452. The normalized spacial score (nSPS) is 14.7. The Bertz CT molecular complexity index is 3600. The van der Waals surface area contributed by atoms with Gasteiger partial charge in [-0.2, -0.15) is 0 Å². The molecule has 4 amide bonds. The highest BCUT2D eigenvalue weighted by molar-refractivity contribution is 8.00. The molecule has 4 aromatic carbocycles. The molecule has 2 unspecified atom stereocenters. The molecule has 0 saturated carbocycles. The number of para-hydroxylation sites is 1. The van der Waals surface area contributed by atoms with Crippen molar-refractivity contribution in [2.24, 2.45) is 0 Å². The number of phosphoric acid groups is 1. The number of aromatic amines is 1. The molecule has 2 aliphatic rings. The summed E-state index contributed by atoms with van der Waals surface area (Å²) in [6, 6.07) is 28.4. The zero-order valence-electron chi connectivity index (χ0n) is 49.9. The molecule has 0 aliphatic carbocycles. The van der Waals surface area contributed by atoms with Crippen LogP contribution in [0.25, 0.3) is 55.8 Å². The third kappa shape index (κ3) is 17.6. The van der Waals surface area contributed by atoms with E-state index < -0.39 is 13.1 Å². The molecule has 26 heteroatoms. The minimum Gasteiger partial charge on any atom is -0.453 e. The summed E-state index contributed by atoms with van der Waals surface area (Å²) in [5.41, 5.74) is 8.20. The Balaban J connectivity index is 0.619. The van der Waals surface area contributed by atoms with Crippen LogP contribution in [0.2, 0.25) is 0 Å². The quantitative estimate of drug-likeness (QED) is 0.0192. The molecule has 1 saturated heterocycles. The number of carbonyl (C=O) groups excluding carboxylic acids is 4. The van der Waals surface area contributed by atoms with Crippen molar-refractivity contribution in [2.45, 2.75) is 70.2 Å². The van der Waals surface area contributed by atoms with Crippen LogP contribution in [0.3, 0.4) is 0 Å². The molecule has 9 rings (SSSR count). The zero-order chi connectivity index (χ0) is 61.8. The maximum absolute atomic E-state index is 14.1. The van der Waals surface area contributed by atoms with E-state index in [1.54, 1.807) is 11.0 Å². The van der Waals surface area contributed by atoms with Crippen LogP contribution in [-0.4, -0.2) is 176 Å². The maximum Gasteiger partial charge on any atom is 0.471 e. The Kier molecular flexibility index (Phi) is 24.0. The lowest BCUT2D eigenvalue weighted by atomic mass is 9.95. The molecule has 2 aliphatic heterocycles. The van der Waals surface area contributed by atoms with Gasteiger partial charge >= 0.3 is 7.82 Å². The molecular formula is C62H76N9O15PS. The largest absolute Gasteiger partial charge is 0.471 e. The Morgan fingerprint density at radius 2 is 1.49 bits per heavy atom. The Labute approximate surface area is 514 Å². The van der Waals surface area contributed by atoms with E-state index in [1.807, 2.05) is 97.5 Å². The number of rotatable bonds is 36. The highest BCUT2D eigenvalue weighted by atomic mass is 32.2. The van der Waals surface area contributed by atoms with Gasteiger partial charge in [-0.25, -0.2) is 14.2 Å². The summed E-state index contributed by atoms with van der Waals surface area (Å²) in [7, 11) is -0.873. The number of fused-ring (bicyclic) bond motifs is 8. The predicted molar refractivity (Wildman–Crippen MR) is 333 cm³/mol. The number of imide groups is 1. The third-order valence-electron chi connectivity index (χ3n) is 14.9. The lowest BCUT2D eigenvalue weighted by Gasteiger charge is -2.28. The first kappa shape index (κ1) is 65.3. The first-order valence-electron chi connectivity index (χ1n) is 29.6. The fourth-order valence-corrected chi connectivity index (χ4v) is 11.9. The number of benzene rings is 4. The summed E-state index contributed by atoms with van der Waals surface area (Å²) in [6.07, 6.45) is 2.98. The number of hydrogen-bond donors (Lipinski definition) is 3. The van der Waals surface area contributed by atoms with Crippen LogP contribution in [0.4, 0.5) is 11.4 Å². The molecule has 1 fully saturated rings. The molecule has 2 atom stereocenters. The second-order valence-corrected chi connectivity index (χ2v) is 23.9. The first-order chi connectivity index (χ1) is 42.8. The van der Waals surface area contributed by atoms with Crippen molar-refractivity contribution >= 4 is 76.6 Å². The van der Waals surface area contributed by atoms with E-state index in [2.05, 4.69) is 35.0 Å². The number of amides is 4. The predicted octanol–water partition coefficient (Wildman–Crippen LogP) is 7.72. The van der Waals surface area contributed by atoms with Gasteiger partial charge in [0.05, 0.1) is 113 Å². The van der Waals surface area contributed by atoms with Crippen LogP contribution in [0.5, 0.6) is 0 Å². The molecule has 0 bridgehead atoms. The van der Waals surface area contributed by atoms with E-state index in [-0.39, 0.29) is 74.6 Å². The number of anilines is 2. The van der Waals surface area contributed by atoms with Crippen LogP contribution in [0.1, 0.15) is 56.3 Å². The van der Waals surface area contributed by atoms with Gasteiger partial charge in [-0.1, -0.05) is 60.5 Å². The monoisotopic (exact) mass is 1250 g/mol. The lowest BCUT2D eigenvalue weighted by Crippen LogP contribution is -2.37. The minimum atomic E-state index is -3.98. The topological polar surface area (TPSA) is 282 Å². The minimum absolute atomic E-state index is 0.00189. The summed E-state index contributed by atoms with van der Waals surface area (Å²) in [6.45, 7) is 7.56. The van der Waals surface area contributed by atoms with Gasteiger partial charge in [0, 0.05) is 81.5 Å². The highest BCUT2D eigenvalue weighted by Crippen LogP contribution is 2.43. The molecule has 5 heterocycles. The van der Waals surface area contributed by atoms with E-state index in [1.165, 1.54) is 17.8 Å². The maximum atomic E-state index is 14.1. The number of ether oxygens (including phenoxy) is 5. The lowest BCUT2D eigenvalue weighted by molar-refractivity contribution is -0.138. The smallest absolute Gasteiger partial charge is 0.453 e. The Hall–Kier alpha value is -7.16. The van der Waals surface area contributed by atoms with Crippen molar-refractivity contribution in [1.29, 1.82) is 0 Å². The van der Waals surface area contributed by atoms with Gasteiger partial charge in [-0.15, -0.1) is 16.9 Å². The van der Waals surface area contributed by atoms with Gasteiger partial charge in [-0.3, -0.25) is 37.9 Å². The average Bonchev–Trinajstić information content (AvgIpc) is 2.85. The van der Waals surface area contributed by atoms with Gasteiger partial charge < -0.3 is 53.1 Å². The average molecular weight is 1250 g/mol. The van der Waals surface area contributed by atoms with Gasteiger partial charge in [-0.05, 0) is 73.5 Å². The van der Waals surface area contributed by atoms with Crippen LogP contribution < -0.4 is 20.5 Å². The number of thioether (sulfide) groups is 1. The number of likely N-dealkylation sites (tertiary alicyclic amines) is 1. The number of phosphoric ester groups is 1. The number of H-pyrrole nitrogens is 1. The summed E-state index contributed by atoms with van der Waals surface area (Å²) < 4.78 is 57.5. The van der Waals surface area contributed by atoms with E-state index in [4.69, 9.17) is 32.6 Å². The SMILES string of the molecule is COP(=O)(O)OCCCCCCSC1CC(=O)N(CCC(=O)NCCC(=O)N2Cc3ccccc3-c3c(nnn3CCOCCOCCOCCOCCOCCN(C)c3ccc(-c4cc(=O)c5ccc6[nH]c(C)nc6c5o4)cc3)-c3ccccc32)C1=O. The number of nitrogens with zero attached hydrogens (tertiary/aromatic N) is 7. The molecule has 3 aromatic heterocycles. The standard InChI is InChI=1S/C62H76N9O15PS/c1-43-64-50-21-20-49-52(72)40-53(86-61(49)59(50)65-43)44-16-18-46(19-17-44)68(2)26-29-80-31-33-82-35-37-84-38-36-83-34-32-81-30-27-71-60-47-13-7-6-12-45(47)42-70(51-15-9-8-14-48(51)58(60)66-67-71)56(74)22-24-63-55(73)23-25-69-57(75)41-54(62(69)76)88-39-11-5-4-10-28-85-87(77,78)79-3/h6-9,12-21,40,54H,4-5,10-11,22-39,41-42H2,1-3H3,(H,63,73)(H,64,65)(H,77,78). The first-order valence-corrected chi connectivity index (χ1v) is 32.1. The molecular weight excluding hydrogens is 1170 g/mol. The van der Waals surface area contributed by atoms with E-state index in [0.29, 0.717) is 125 Å². The molecule has 0 radical (unpaired) electrons. The van der Waals surface area contributed by atoms with Crippen molar-refractivity contribution < 1.29 is 65.8 Å². The number of imidazole rings is 1. The van der Waals surface area contributed by atoms with Gasteiger partial charge in [0.1, 0.15) is 22.8 Å². The van der Waals surface area contributed by atoms with E-state index >= 15 is 0 Å². The zero-order valence-corrected chi connectivity index (χ0v) is 51.6. The second-order valence-electron chi connectivity index (χ2n) is 21.0. The van der Waals surface area contributed by atoms with Crippen LogP contribution in [0, 0.1) is 6.92 Å². The molecule has 3 N–H and O–H groups in total. The molecule has 24 nitrogen and oxygen atoms in total. The number of unbranched alkanes of at least 4 members (excludes halogenated alkanes) is 3. The molecule has 470 valence electrons. The van der Waals surface area contributed by atoms with E-state index in [9.17, 15) is 33.4 Å². The third-order valence-corrected chi connectivity index (χ3v) is 17.2. The van der Waals surface area contributed by atoms with Crippen molar-refractivity contribution in [3.63, 3.8) is 0 Å². The van der Waals surface area contributed by atoms with Crippen LogP contribution >= 0.6 is 19.6 Å². The van der Waals surface area contributed by atoms with Gasteiger partial charge in [0.15, 0.2) is 11.0 Å². The van der Waals surface area contributed by atoms with E-state index in [0.717, 1.165) is 76.2 Å². The summed E-state index contributed by atoms with van der Waals surface area (Å²) in [5.74, 6) is 0.695. The molecule has 0 spiro atoms. The summed E-state index contributed by atoms with van der Waals surface area (Å²) in [4.78, 5) is 87.8.